The van der Waals surface area contributed by atoms with Crippen LogP contribution in [0.5, 0.6) is 0 Å². The van der Waals surface area contributed by atoms with Gasteiger partial charge in [0.25, 0.3) is 0 Å². The van der Waals surface area contributed by atoms with Gasteiger partial charge in [0.05, 0.1) is 30.3 Å². The Morgan fingerprint density at radius 2 is 1.82 bits per heavy atom. The summed E-state index contributed by atoms with van der Waals surface area (Å²) in [7, 11) is 3.28. The van der Waals surface area contributed by atoms with E-state index in [0.717, 1.165) is 0 Å². The van der Waals surface area contributed by atoms with Gasteiger partial charge in [-0.25, -0.2) is 0 Å². The number of carbonyl (C=O) groups is 1. The Bertz CT molecular complexity index is 570. The number of amides is 1. The summed E-state index contributed by atoms with van der Waals surface area (Å²) >= 11 is 0. The van der Waals surface area contributed by atoms with Gasteiger partial charge in [-0.2, -0.15) is 0 Å². The van der Waals surface area contributed by atoms with E-state index >= 15 is 0 Å². The summed E-state index contributed by atoms with van der Waals surface area (Å²) in [5.41, 5.74) is 5.43. The number of aliphatic hydroxyl groups is 3. The number of ether oxygens (including phenoxy) is 3. The molecule has 11 nitrogen and oxygen atoms in total. The molecule has 0 aromatic rings. The molecule has 162 valence electrons. The molecule has 0 radical (unpaired) electrons. The van der Waals surface area contributed by atoms with E-state index in [1.807, 2.05) is 0 Å². The number of rotatable bonds is 5. The Balaban J connectivity index is 1.88. The van der Waals surface area contributed by atoms with Gasteiger partial charge in [0.15, 0.2) is 0 Å². The second kappa shape index (κ2) is 8.46. The molecule has 0 spiro atoms. The molecule has 8 N–H and O–H groups in total. The second-order valence-electron chi connectivity index (χ2n) is 7.72. The fourth-order valence-electron chi connectivity index (χ4n) is 4.41. The van der Waals surface area contributed by atoms with Crippen molar-refractivity contribution in [1.82, 2.24) is 16.0 Å². The molecule has 11 heteroatoms. The van der Waals surface area contributed by atoms with Gasteiger partial charge in [0, 0.05) is 13.0 Å². The lowest BCUT2D eigenvalue weighted by Crippen LogP contribution is -2.79. The normalized spacial score (nSPS) is 48.5. The SMILES string of the molecule is CN[C@@H]1[C@H](O)[C@H](NC)C2O[C@]3(O)C(OC2[C@H]1O)O[C@H](C)C[C@H]3NC(=O)CCN. The maximum absolute atomic E-state index is 12.1. The Labute approximate surface area is 163 Å². The van der Waals surface area contributed by atoms with Crippen LogP contribution in [-0.2, 0) is 19.0 Å². The Hall–Kier alpha value is -0.890. The Morgan fingerprint density at radius 3 is 2.43 bits per heavy atom. The summed E-state index contributed by atoms with van der Waals surface area (Å²) in [5.74, 6) is -2.29. The zero-order valence-corrected chi connectivity index (χ0v) is 16.4. The molecule has 3 fully saturated rings. The molecule has 0 aromatic heterocycles. The second-order valence-corrected chi connectivity index (χ2v) is 7.72. The fraction of sp³-hybridized carbons (Fsp3) is 0.941. The van der Waals surface area contributed by atoms with Crippen LogP contribution in [0.1, 0.15) is 19.8 Å². The summed E-state index contributed by atoms with van der Waals surface area (Å²) in [6.45, 7) is 1.98. The monoisotopic (exact) mass is 404 g/mol. The van der Waals surface area contributed by atoms with Gasteiger partial charge in [0.2, 0.25) is 18.0 Å². The van der Waals surface area contributed by atoms with Gasteiger partial charge in [-0.05, 0) is 27.4 Å². The Morgan fingerprint density at radius 1 is 1.14 bits per heavy atom. The van der Waals surface area contributed by atoms with Crippen molar-refractivity contribution in [3.8, 4) is 0 Å². The minimum atomic E-state index is -1.97. The molecule has 3 aliphatic rings. The number of nitrogens with one attached hydrogen (secondary N) is 3. The zero-order chi connectivity index (χ0) is 20.6. The number of hydrogen-bond donors (Lipinski definition) is 7. The molecule has 10 atom stereocenters. The molecule has 3 rings (SSSR count). The van der Waals surface area contributed by atoms with E-state index in [1.165, 1.54) is 0 Å². The lowest BCUT2D eigenvalue weighted by Gasteiger charge is -2.58. The van der Waals surface area contributed by atoms with E-state index in [9.17, 15) is 20.1 Å². The van der Waals surface area contributed by atoms with Gasteiger partial charge >= 0.3 is 0 Å². The van der Waals surface area contributed by atoms with Crippen LogP contribution >= 0.6 is 0 Å². The highest BCUT2D eigenvalue weighted by atomic mass is 16.8. The first-order chi connectivity index (χ1) is 13.3. The van der Waals surface area contributed by atoms with Crippen molar-refractivity contribution in [2.24, 2.45) is 5.73 Å². The topological polar surface area (TPSA) is 168 Å². The molecular formula is C17H32N4O7. The van der Waals surface area contributed by atoms with E-state index < -0.39 is 54.6 Å². The van der Waals surface area contributed by atoms with Crippen LogP contribution in [-0.4, -0.2) is 103 Å². The average Bonchev–Trinajstić information content (AvgIpc) is 2.63. The van der Waals surface area contributed by atoms with Crippen LogP contribution in [0.4, 0.5) is 0 Å². The minimum Gasteiger partial charge on any atom is -0.390 e. The van der Waals surface area contributed by atoms with Crippen LogP contribution in [0, 0.1) is 0 Å². The average molecular weight is 404 g/mol. The van der Waals surface area contributed by atoms with Crippen molar-refractivity contribution in [2.45, 2.75) is 80.5 Å². The van der Waals surface area contributed by atoms with Gasteiger partial charge < -0.3 is 51.2 Å². The molecular weight excluding hydrogens is 372 g/mol. The first-order valence-electron chi connectivity index (χ1n) is 9.68. The lowest BCUT2D eigenvalue weighted by molar-refractivity contribution is -0.449. The molecule has 3 unspecified atom stereocenters. The number of fused-ring (bicyclic) bond motifs is 2. The van der Waals surface area contributed by atoms with E-state index in [4.69, 9.17) is 19.9 Å². The summed E-state index contributed by atoms with van der Waals surface area (Å²) in [6, 6.07) is -2.08. The fourth-order valence-corrected chi connectivity index (χ4v) is 4.41. The van der Waals surface area contributed by atoms with Crippen LogP contribution in [0.3, 0.4) is 0 Å². The van der Waals surface area contributed by atoms with Crippen molar-refractivity contribution in [2.75, 3.05) is 20.6 Å². The first-order valence-corrected chi connectivity index (χ1v) is 9.68. The summed E-state index contributed by atoms with van der Waals surface area (Å²) in [5, 5.41) is 41.2. The third-order valence-corrected chi connectivity index (χ3v) is 5.86. The third-order valence-electron chi connectivity index (χ3n) is 5.86. The van der Waals surface area contributed by atoms with Gasteiger partial charge in [-0.1, -0.05) is 0 Å². The van der Waals surface area contributed by atoms with E-state index in [2.05, 4.69) is 16.0 Å². The van der Waals surface area contributed by atoms with Crippen molar-refractivity contribution < 1.29 is 34.3 Å². The third kappa shape index (κ3) is 3.66. The number of likely N-dealkylation sites (N-methyl/N-ethyl adjacent to an activating group) is 2. The van der Waals surface area contributed by atoms with Crippen LogP contribution in [0.15, 0.2) is 0 Å². The molecule has 2 saturated heterocycles. The molecule has 1 amide bonds. The molecule has 2 heterocycles. The van der Waals surface area contributed by atoms with Gasteiger partial charge in [0.1, 0.15) is 18.3 Å². The van der Waals surface area contributed by atoms with E-state index in [1.54, 1.807) is 21.0 Å². The lowest BCUT2D eigenvalue weighted by atomic mass is 9.79. The van der Waals surface area contributed by atoms with Crippen LogP contribution in [0.2, 0.25) is 0 Å². The number of nitrogens with two attached hydrogens (primary N) is 1. The van der Waals surface area contributed by atoms with Gasteiger partial charge in [-0.3, -0.25) is 4.79 Å². The van der Waals surface area contributed by atoms with Crippen molar-refractivity contribution in [1.29, 1.82) is 0 Å². The molecule has 1 saturated carbocycles. The number of aliphatic hydroxyl groups excluding tert-OH is 2. The zero-order valence-electron chi connectivity index (χ0n) is 16.4. The highest BCUT2D eigenvalue weighted by molar-refractivity contribution is 5.76. The van der Waals surface area contributed by atoms with Crippen molar-refractivity contribution in [3.63, 3.8) is 0 Å². The largest absolute Gasteiger partial charge is 0.390 e. The molecule has 0 aromatic carbocycles. The quantitative estimate of drug-likeness (QED) is 0.243. The molecule has 2 aliphatic heterocycles. The highest BCUT2D eigenvalue weighted by Crippen LogP contribution is 2.41. The van der Waals surface area contributed by atoms with Crippen molar-refractivity contribution in [3.05, 3.63) is 0 Å². The standard InChI is InChI=1S/C17H32N4O7/c1-7-6-8(21-9(22)4-5-18)17(25)16(26-7)27-15-13(24)10(19-2)12(23)11(20-3)14(15)28-17/h7-8,10-16,19-20,23-25H,4-6,18H2,1-3H3,(H,21,22)/t7-,8-,10-,11+,12+,13+,14?,15?,16?,17+/m1/s1. The molecule has 1 aliphatic carbocycles. The summed E-state index contributed by atoms with van der Waals surface area (Å²) in [4.78, 5) is 12.1. The van der Waals surface area contributed by atoms with Crippen LogP contribution in [0.25, 0.3) is 0 Å². The van der Waals surface area contributed by atoms with E-state index in [0.29, 0.717) is 6.42 Å². The molecule has 0 bridgehead atoms. The minimum absolute atomic E-state index is 0.111. The van der Waals surface area contributed by atoms with E-state index in [-0.39, 0.29) is 25.0 Å². The maximum atomic E-state index is 12.1. The summed E-state index contributed by atoms with van der Waals surface area (Å²) in [6.07, 6.45) is -4.92. The smallest absolute Gasteiger partial charge is 0.239 e. The predicted molar refractivity (Wildman–Crippen MR) is 97.0 cm³/mol. The number of carbonyl (C=O) groups excluding carboxylic acids is 1. The number of hydrogen-bond acceptors (Lipinski definition) is 10. The predicted octanol–water partition coefficient (Wildman–Crippen LogP) is -3.66. The highest BCUT2D eigenvalue weighted by Gasteiger charge is 2.63. The first kappa shape index (κ1) is 21.8. The summed E-state index contributed by atoms with van der Waals surface area (Å²) < 4.78 is 17.7. The van der Waals surface area contributed by atoms with Crippen molar-refractivity contribution >= 4 is 5.91 Å². The Kier molecular flexibility index (Phi) is 6.59. The maximum Gasteiger partial charge on any atom is 0.239 e. The van der Waals surface area contributed by atoms with Gasteiger partial charge in [-0.15, -0.1) is 0 Å². The van der Waals surface area contributed by atoms with Crippen LogP contribution < -0.4 is 21.7 Å². The molecule has 28 heavy (non-hydrogen) atoms.